The van der Waals surface area contributed by atoms with Gasteiger partial charge in [0.25, 0.3) is 0 Å². The van der Waals surface area contributed by atoms with Crippen molar-refractivity contribution in [3.8, 4) is 0 Å². The molecule has 6 nitrogen and oxygen atoms in total. The van der Waals surface area contributed by atoms with E-state index < -0.39 is 0 Å². The molecule has 1 unspecified atom stereocenters. The minimum absolute atomic E-state index is 0.250. The summed E-state index contributed by atoms with van der Waals surface area (Å²) in [7, 11) is 1.85. The van der Waals surface area contributed by atoms with Gasteiger partial charge >= 0.3 is 5.97 Å². The Kier molecular flexibility index (Phi) is 4.23. The number of nitrogens with one attached hydrogen (secondary N) is 1. The van der Waals surface area contributed by atoms with Crippen LogP contribution in [0.2, 0.25) is 0 Å². The van der Waals surface area contributed by atoms with Crippen LogP contribution in [0.15, 0.2) is 6.33 Å². The summed E-state index contributed by atoms with van der Waals surface area (Å²) < 4.78 is 6.66. The molecule has 1 atom stereocenters. The fourth-order valence-electron chi connectivity index (χ4n) is 1.06. The molecule has 0 bridgehead atoms. The standard InChI is InChI=1S/C9H16N4O2/c1-4-15-9(14)7(2)10-5-8-12-11-6-13(8)3/h6-7,10H,4-5H2,1-3H3. The monoisotopic (exact) mass is 212 g/mol. The molecule has 1 aromatic rings. The zero-order valence-electron chi connectivity index (χ0n) is 9.23. The van der Waals surface area contributed by atoms with E-state index in [2.05, 4.69) is 15.5 Å². The summed E-state index contributed by atoms with van der Waals surface area (Å²) in [6.07, 6.45) is 1.62. The van der Waals surface area contributed by atoms with Crippen molar-refractivity contribution in [1.29, 1.82) is 0 Å². The number of carbonyl (C=O) groups is 1. The third-order valence-electron chi connectivity index (χ3n) is 2.01. The second kappa shape index (κ2) is 5.45. The minimum atomic E-state index is -0.332. The summed E-state index contributed by atoms with van der Waals surface area (Å²) in [6.45, 7) is 4.44. The molecule has 0 saturated heterocycles. The SMILES string of the molecule is CCOC(=O)C(C)NCc1nncn1C. The van der Waals surface area contributed by atoms with E-state index in [9.17, 15) is 4.79 Å². The summed E-state index contributed by atoms with van der Waals surface area (Å²) in [6, 6.07) is -0.332. The predicted octanol–water partition coefficient (Wildman–Crippen LogP) is -0.144. The number of aromatic nitrogens is 3. The number of esters is 1. The molecule has 1 heterocycles. The molecule has 0 aliphatic carbocycles. The fraction of sp³-hybridized carbons (Fsp3) is 0.667. The summed E-state index contributed by atoms with van der Waals surface area (Å²) >= 11 is 0. The Hall–Kier alpha value is -1.43. The molecule has 0 fully saturated rings. The quantitative estimate of drug-likeness (QED) is 0.688. The van der Waals surface area contributed by atoms with Crippen LogP contribution >= 0.6 is 0 Å². The minimum Gasteiger partial charge on any atom is -0.465 e. The van der Waals surface area contributed by atoms with Gasteiger partial charge in [-0.15, -0.1) is 10.2 Å². The molecule has 0 aromatic carbocycles. The van der Waals surface area contributed by atoms with E-state index in [0.717, 1.165) is 5.82 Å². The van der Waals surface area contributed by atoms with Crippen LogP contribution in [0.5, 0.6) is 0 Å². The Morgan fingerprint density at radius 3 is 3.00 bits per heavy atom. The van der Waals surface area contributed by atoms with E-state index in [1.165, 1.54) is 0 Å². The molecule has 0 aliphatic rings. The van der Waals surface area contributed by atoms with Crippen LogP contribution in [0.4, 0.5) is 0 Å². The molecule has 15 heavy (non-hydrogen) atoms. The van der Waals surface area contributed by atoms with Crippen LogP contribution in [-0.2, 0) is 23.1 Å². The van der Waals surface area contributed by atoms with Gasteiger partial charge < -0.3 is 9.30 Å². The lowest BCUT2D eigenvalue weighted by atomic mass is 10.3. The van der Waals surface area contributed by atoms with Gasteiger partial charge in [0, 0.05) is 7.05 Å². The van der Waals surface area contributed by atoms with E-state index >= 15 is 0 Å². The van der Waals surface area contributed by atoms with Gasteiger partial charge in [-0.25, -0.2) is 0 Å². The van der Waals surface area contributed by atoms with Crippen molar-refractivity contribution in [2.24, 2.45) is 7.05 Å². The van der Waals surface area contributed by atoms with Gasteiger partial charge in [0.1, 0.15) is 18.2 Å². The number of hydrogen-bond donors (Lipinski definition) is 1. The van der Waals surface area contributed by atoms with Crippen molar-refractivity contribution in [3.63, 3.8) is 0 Å². The molecule has 0 radical (unpaired) electrons. The molecule has 0 aliphatic heterocycles. The van der Waals surface area contributed by atoms with Crippen molar-refractivity contribution in [2.45, 2.75) is 26.4 Å². The second-order valence-corrected chi connectivity index (χ2v) is 3.21. The Morgan fingerprint density at radius 2 is 2.47 bits per heavy atom. The van der Waals surface area contributed by atoms with Crippen molar-refractivity contribution < 1.29 is 9.53 Å². The highest BCUT2D eigenvalue weighted by Gasteiger charge is 2.13. The molecule has 6 heteroatoms. The molecule has 0 spiro atoms. The first kappa shape index (κ1) is 11.6. The first-order valence-electron chi connectivity index (χ1n) is 4.88. The first-order chi connectivity index (χ1) is 7.15. The van der Waals surface area contributed by atoms with Gasteiger partial charge in [-0.2, -0.15) is 0 Å². The topological polar surface area (TPSA) is 69.0 Å². The van der Waals surface area contributed by atoms with Crippen molar-refractivity contribution in [1.82, 2.24) is 20.1 Å². The number of hydrogen-bond acceptors (Lipinski definition) is 5. The van der Waals surface area contributed by atoms with Crippen LogP contribution in [0, 0.1) is 0 Å². The molecule has 1 rings (SSSR count). The number of carbonyl (C=O) groups excluding carboxylic acids is 1. The van der Waals surface area contributed by atoms with Gasteiger partial charge in [-0.05, 0) is 13.8 Å². The largest absolute Gasteiger partial charge is 0.465 e. The Bertz CT molecular complexity index is 324. The Morgan fingerprint density at radius 1 is 1.73 bits per heavy atom. The number of aryl methyl sites for hydroxylation is 1. The maximum absolute atomic E-state index is 11.3. The Labute approximate surface area is 88.6 Å². The van der Waals surface area contributed by atoms with E-state index in [4.69, 9.17) is 4.74 Å². The molecule has 1 N–H and O–H groups in total. The third-order valence-corrected chi connectivity index (χ3v) is 2.01. The first-order valence-corrected chi connectivity index (χ1v) is 4.88. The molecule has 0 saturated carbocycles. The highest BCUT2D eigenvalue weighted by molar-refractivity contribution is 5.75. The maximum atomic E-state index is 11.3. The summed E-state index contributed by atoms with van der Waals surface area (Å²) in [5.74, 6) is 0.533. The lowest BCUT2D eigenvalue weighted by Crippen LogP contribution is -2.35. The number of rotatable bonds is 5. The fourth-order valence-corrected chi connectivity index (χ4v) is 1.06. The van der Waals surface area contributed by atoms with Crippen molar-refractivity contribution in [3.05, 3.63) is 12.2 Å². The van der Waals surface area contributed by atoms with Gasteiger partial charge in [0.15, 0.2) is 0 Å². The zero-order chi connectivity index (χ0) is 11.3. The average molecular weight is 212 g/mol. The van der Waals surface area contributed by atoms with Crippen LogP contribution in [0.3, 0.4) is 0 Å². The van der Waals surface area contributed by atoms with Crippen LogP contribution in [0.1, 0.15) is 19.7 Å². The lowest BCUT2D eigenvalue weighted by Gasteiger charge is -2.11. The molecule has 0 amide bonds. The maximum Gasteiger partial charge on any atom is 0.322 e. The summed E-state index contributed by atoms with van der Waals surface area (Å²) in [5.41, 5.74) is 0. The van der Waals surface area contributed by atoms with Crippen LogP contribution < -0.4 is 5.32 Å². The second-order valence-electron chi connectivity index (χ2n) is 3.21. The Balaban J connectivity index is 2.37. The van der Waals surface area contributed by atoms with Gasteiger partial charge in [0.2, 0.25) is 0 Å². The van der Waals surface area contributed by atoms with Crippen molar-refractivity contribution >= 4 is 5.97 Å². The number of ether oxygens (including phenoxy) is 1. The zero-order valence-corrected chi connectivity index (χ0v) is 9.23. The highest BCUT2D eigenvalue weighted by Crippen LogP contribution is 1.93. The van der Waals surface area contributed by atoms with Crippen LogP contribution in [-0.4, -0.2) is 33.4 Å². The smallest absolute Gasteiger partial charge is 0.322 e. The normalized spacial score (nSPS) is 12.5. The van der Waals surface area contributed by atoms with Crippen molar-refractivity contribution in [2.75, 3.05) is 6.61 Å². The molecular formula is C9H16N4O2. The molecular weight excluding hydrogens is 196 g/mol. The van der Waals surface area contributed by atoms with E-state index in [0.29, 0.717) is 13.2 Å². The summed E-state index contributed by atoms with van der Waals surface area (Å²) in [4.78, 5) is 11.3. The third kappa shape index (κ3) is 3.32. The predicted molar refractivity (Wildman–Crippen MR) is 53.9 cm³/mol. The van der Waals surface area contributed by atoms with E-state index in [1.807, 2.05) is 7.05 Å². The van der Waals surface area contributed by atoms with Crippen LogP contribution in [0.25, 0.3) is 0 Å². The highest BCUT2D eigenvalue weighted by atomic mass is 16.5. The summed E-state index contributed by atoms with van der Waals surface area (Å²) in [5, 5.41) is 10.6. The van der Waals surface area contributed by atoms with E-state index in [-0.39, 0.29) is 12.0 Å². The average Bonchev–Trinajstić information content (AvgIpc) is 2.61. The lowest BCUT2D eigenvalue weighted by molar-refractivity contribution is -0.145. The van der Waals surface area contributed by atoms with E-state index in [1.54, 1.807) is 24.7 Å². The van der Waals surface area contributed by atoms with Gasteiger partial charge in [-0.1, -0.05) is 0 Å². The molecule has 1 aromatic heterocycles. The van der Waals surface area contributed by atoms with Gasteiger partial charge in [0.05, 0.1) is 13.2 Å². The number of nitrogens with zero attached hydrogens (tertiary/aromatic N) is 3. The van der Waals surface area contributed by atoms with Gasteiger partial charge in [-0.3, -0.25) is 10.1 Å². The molecule has 84 valence electrons.